The first-order valence-electron chi connectivity index (χ1n) is 8.21. The third-order valence-electron chi connectivity index (χ3n) is 4.88. The molecule has 0 aliphatic carbocycles. The van der Waals surface area contributed by atoms with E-state index < -0.39 is 11.9 Å². The molecule has 1 saturated heterocycles. The molecule has 9 nitrogen and oxygen atoms in total. The molecular formula is C17H17N3O6. The third kappa shape index (κ3) is 2.85. The lowest BCUT2D eigenvalue weighted by Gasteiger charge is -2.16. The van der Waals surface area contributed by atoms with E-state index in [2.05, 4.69) is 14.9 Å². The summed E-state index contributed by atoms with van der Waals surface area (Å²) in [4.78, 5) is 25.9. The van der Waals surface area contributed by atoms with Gasteiger partial charge >= 0.3 is 5.97 Å². The maximum atomic E-state index is 12.6. The van der Waals surface area contributed by atoms with E-state index in [9.17, 15) is 14.7 Å². The van der Waals surface area contributed by atoms with Crippen LogP contribution in [0.4, 0.5) is 0 Å². The average molecular weight is 359 g/mol. The van der Waals surface area contributed by atoms with Crippen molar-refractivity contribution >= 4 is 11.9 Å². The van der Waals surface area contributed by atoms with Gasteiger partial charge in [0.05, 0.1) is 12.3 Å². The zero-order valence-corrected chi connectivity index (χ0v) is 14.0. The minimum Gasteiger partial charge on any atom is -0.481 e. The number of carbonyl (C=O) groups is 2. The summed E-state index contributed by atoms with van der Waals surface area (Å²) in [5.74, 6) is -0.889. The Bertz CT molecular complexity index is 864. The zero-order chi connectivity index (χ0) is 18.3. The molecule has 0 spiro atoms. The summed E-state index contributed by atoms with van der Waals surface area (Å²) in [5.41, 5.74) is 1.84. The number of rotatable bonds is 4. The molecule has 1 aromatic heterocycles. The quantitative estimate of drug-likeness (QED) is 0.859. The number of hydrogen-bond acceptors (Lipinski definition) is 7. The Kier molecular flexibility index (Phi) is 3.98. The van der Waals surface area contributed by atoms with Crippen LogP contribution in [0.1, 0.15) is 22.9 Å². The van der Waals surface area contributed by atoms with Gasteiger partial charge < -0.3 is 19.5 Å². The van der Waals surface area contributed by atoms with Crippen LogP contribution < -0.4 is 9.47 Å². The molecule has 0 bridgehead atoms. The summed E-state index contributed by atoms with van der Waals surface area (Å²) in [6.07, 6.45) is 0.0372. The van der Waals surface area contributed by atoms with Gasteiger partial charge in [-0.05, 0) is 24.6 Å². The second-order valence-corrected chi connectivity index (χ2v) is 6.44. The Labute approximate surface area is 148 Å². The summed E-state index contributed by atoms with van der Waals surface area (Å²) >= 11 is 0. The second-order valence-electron chi connectivity index (χ2n) is 6.44. The molecule has 1 amide bonds. The molecule has 26 heavy (non-hydrogen) atoms. The monoisotopic (exact) mass is 359 g/mol. The van der Waals surface area contributed by atoms with Crippen molar-refractivity contribution in [3.05, 3.63) is 35.2 Å². The second kappa shape index (κ2) is 6.32. The van der Waals surface area contributed by atoms with Crippen molar-refractivity contribution in [2.24, 2.45) is 5.92 Å². The van der Waals surface area contributed by atoms with Crippen molar-refractivity contribution in [1.82, 2.24) is 15.2 Å². The normalized spacial score (nSPS) is 21.2. The molecule has 2 aliphatic rings. The first kappa shape index (κ1) is 16.4. The van der Waals surface area contributed by atoms with E-state index in [0.717, 1.165) is 5.56 Å². The number of ether oxygens (including phenoxy) is 2. The molecule has 4 rings (SSSR count). The average Bonchev–Trinajstić information content (AvgIpc) is 3.33. The van der Waals surface area contributed by atoms with Gasteiger partial charge in [0.2, 0.25) is 12.7 Å². The topological polar surface area (TPSA) is 115 Å². The molecular weight excluding hydrogens is 342 g/mol. The van der Waals surface area contributed by atoms with Crippen LogP contribution in [0.25, 0.3) is 0 Å². The van der Waals surface area contributed by atoms with Gasteiger partial charge in [-0.3, -0.25) is 9.59 Å². The Morgan fingerprint density at radius 1 is 1.23 bits per heavy atom. The van der Waals surface area contributed by atoms with Crippen molar-refractivity contribution < 1.29 is 28.8 Å². The molecule has 0 saturated carbocycles. The molecule has 1 aromatic carbocycles. The summed E-state index contributed by atoms with van der Waals surface area (Å²) in [7, 11) is 0. The smallest absolute Gasteiger partial charge is 0.308 e. The first-order valence-corrected chi connectivity index (χ1v) is 8.21. The van der Waals surface area contributed by atoms with Gasteiger partial charge in [-0.25, -0.2) is 4.63 Å². The molecule has 0 unspecified atom stereocenters. The van der Waals surface area contributed by atoms with E-state index in [4.69, 9.17) is 9.47 Å². The van der Waals surface area contributed by atoms with E-state index in [0.29, 0.717) is 29.4 Å². The van der Waals surface area contributed by atoms with Crippen LogP contribution in [0.5, 0.6) is 11.5 Å². The number of carboxylic acid groups (broad SMARTS) is 1. The first-order chi connectivity index (χ1) is 12.5. The van der Waals surface area contributed by atoms with Gasteiger partial charge in [0.1, 0.15) is 11.4 Å². The highest BCUT2D eigenvalue weighted by atomic mass is 16.7. The lowest BCUT2D eigenvalue weighted by Crippen LogP contribution is -2.31. The van der Waals surface area contributed by atoms with Crippen LogP contribution in [0.15, 0.2) is 22.8 Å². The number of aryl methyl sites for hydroxylation is 1. The van der Waals surface area contributed by atoms with Crippen LogP contribution >= 0.6 is 0 Å². The molecule has 2 aliphatic heterocycles. The zero-order valence-electron chi connectivity index (χ0n) is 14.0. The van der Waals surface area contributed by atoms with Crippen LogP contribution in [0, 0.1) is 12.8 Å². The van der Waals surface area contributed by atoms with Gasteiger partial charge in [-0.2, -0.15) is 0 Å². The number of hydrogen-bond donors (Lipinski definition) is 1. The van der Waals surface area contributed by atoms with E-state index >= 15 is 0 Å². The number of nitrogens with zero attached hydrogens (tertiary/aromatic N) is 3. The van der Waals surface area contributed by atoms with Crippen molar-refractivity contribution in [1.29, 1.82) is 0 Å². The molecule has 9 heteroatoms. The predicted molar refractivity (Wildman–Crippen MR) is 85.8 cm³/mol. The Morgan fingerprint density at radius 2 is 2.04 bits per heavy atom. The maximum Gasteiger partial charge on any atom is 0.308 e. The van der Waals surface area contributed by atoms with Gasteiger partial charge in [0, 0.05) is 19.0 Å². The van der Waals surface area contributed by atoms with Gasteiger partial charge in [-0.15, -0.1) is 0 Å². The molecule has 136 valence electrons. The van der Waals surface area contributed by atoms with Gasteiger partial charge in [0.15, 0.2) is 11.5 Å². The Hall–Kier alpha value is -3.10. The number of benzene rings is 1. The maximum absolute atomic E-state index is 12.6. The van der Waals surface area contributed by atoms with E-state index in [1.807, 2.05) is 6.07 Å². The molecule has 3 heterocycles. The van der Waals surface area contributed by atoms with Crippen LogP contribution in [0.3, 0.4) is 0 Å². The van der Waals surface area contributed by atoms with E-state index in [1.54, 1.807) is 24.0 Å². The number of carboxylic acids is 1. The van der Waals surface area contributed by atoms with Crippen molar-refractivity contribution in [3.63, 3.8) is 0 Å². The summed E-state index contributed by atoms with van der Waals surface area (Å²) < 4.78 is 15.3. The fraction of sp³-hybridized carbons (Fsp3) is 0.412. The largest absolute Gasteiger partial charge is 0.481 e. The fourth-order valence-corrected chi connectivity index (χ4v) is 3.40. The highest BCUT2D eigenvalue weighted by Crippen LogP contribution is 2.39. The highest BCUT2D eigenvalue weighted by molar-refractivity contribution is 5.81. The number of aromatic nitrogens is 2. The van der Waals surface area contributed by atoms with Crippen LogP contribution in [0.2, 0.25) is 0 Å². The predicted octanol–water partition coefficient (Wildman–Crippen LogP) is 0.976. The third-order valence-corrected chi connectivity index (χ3v) is 4.88. The highest BCUT2D eigenvalue weighted by Gasteiger charge is 2.41. The number of aliphatic carboxylic acids is 1. The number of amides is 1. The minimum absolute atomic E-state index is 0.0372. The van der Waals surface area contributed by atoms with E-state index in [-0.39, 0.29) is 31.6 Å². The van der Waals surface area contributed by atoms with Crippen LogP contribution in [-0.4, -0.2) is 52.1 Å². The van der Waals surface area contributed by atoms with Gasteiger partial charge in [0.25, 0.3) is 0 Å². The minimum atomic E-state index is -0.928. The fourth-order valence-electron chi connectivity index (χ4n) is 3.40. The number of fused-ring (bicyclic) bond motifs is 1. The summed E-state index contributed by atoms with van der Waals surface area (Å²) in [6.45, 7) is 2.33. The van der Waals surface area contributed by atoms with Gasteiger partial charge in [-0.1, -0.05) is 16.4 Å². The Balaban J connectivity index is 1.54. The van der Waals surface area contributed by atoms with Crippen molar-refractivity contribution in [2.75, 3.05) is 19.9 Å². The summed E-state index contributed by atoms with van der Waals surface area (Å²) in [6, 6.07) is 5.39. The van der Waals surface area contributed by atoms with Crippen LogP contribution in [-0.2, 0) is 16.0 Å². The lowest BCUT2D eigenvalue weighted by atomic mass is 9.89. The standard InChI is InChI=1S/C17H17N3O6/c1-9-13(19-26-18-9)5-16(21)20-6-11(12(7-20)17(22)23)10-2-3-14-15(4-10)25-8-24-14/h2-4,11-12H,5-8H2,1H3,(H,22,23)/t11-,12+/m1/s1. The molecule has 1 N–H and O–H groups in total. The molecule has 0 radical (unpaired) electrons. The van der Waals surface area contributed by atoms with Crippen molar-refractivity contribution in [2.45, 2.75) is 19.3 Å². The van der Waals surface area contributed by atoms with E-state index in [1.165, 1.54) is 0 Å². The molecule has 2 atom stereocenters. The Morgan fingerprint density at radius 3 is 2.77 bits per heavy atom. The lowest BCUT2D eigenvalue weighted by molar-refractivity contribution is -0.141. The molecule has 1 fully saturated rings. The SMILES string of the molecule is Cc1nonc1CC(=O)N1C[C@H](C(=O)O)[C@@H](c2ccc3c(c2)OCO3)C1. The number of likely N-dealkylation sites (tertiary alicyclic amines) is 1. The summed E-state index contributed by atoms with van der Waals surface area (Å²) in [5, 5.41) is 17.0. The molecule has 2 aromatic rings. The number of carbonyl (C=O) groups excluding carboxylic acids is 1. The van der Waals surface area contributed by atoms with Crippen molar-refractivity contribution in [3.8, 4) is 11.5 Å².